The smallest absolute Gasteiger partial charge is 0.239 e. The number of likely N-dealkylation sites (N-methyl/N-ethyl adjacent to an activating group) is 1. The first kappa shape index (κ1) is 11.0. The highest BCUT2D eigenvalue weighted by Gasteiger charge is 2.26. The number of amides is 1. The maximum Gasteiger partial charge on any atom is 0.239 e. The normalized spacial score (nSPS) is 22.8. The van der Waals surface area contributed by atoms with Crippen LogP contribution in [0.1, 0.15) is 26.2 Å². The standard InChI is InChI=1S/C10H17N3O/c1-8(5-6-11)13(2)10(14)9-4-3-7-12-9/h8-9,12H,3-5,7H2,1-2H3/t8?,9-/m0/s1. The first-order chi connectivity index (χ1) is 6.66. The summed E-state index contributed by atoms with van der Waals surface area (Å²) >= 11 is 0. The lowest BCUT2D eigenvalue weighted by molar-refractivity contribution is -0.133. The summed E-state index contributed by atoms with van der Waals surface area (Å²) in [4.78, 5) is 13.5. The van der Waals surface area contributed by atoms with E-state index in [2.05, 4.69) is 11.4 Å². The molecule has 2 atom stereocenters. The quantitative estimate of drug-likeness (QED) is 0.713. The van der Waals surface area contributed by atoms with Gasteiger partial charge in [-0.2, -0.15) is 5.26 Å². The molecule has 4 heteroatoms. The molecule has 1 saturated heterocycles. The molecule has 1 fully saturated rings. The van der Waals surface area contributed by atoms with Crippen LogP contribution in [-0.4, -0.2) is 36.5 Å². The summed E-state index contributed by atoms with van der Waals surface area (Å²) in [5.41, 5.74) is 0. The van der Waals surface area contributed by atoms with Crippen molar-refractivity contribution < 1.29 is 4.79 Å². The first-order valence-electron chi connectivity index (χ1n) is 5.04. The SMILES string of the molecule is CC(CC#N)N(C)C(=O)[C@@H]1CCCN1. The third kappa shape index (κ3) is 2.46. The molecule has 0 bridgehead atoms. The first-order valence-corrected chi connectivity index (χ1v) is 5.04. The van der Waals surface area contributed by atoms with Crippen molar-refractivity contribution in [3.63, 3.8) is 0 Å². The van der Waals surface area contributed by atoms with E-state index in [4.69, 9.17) is 5.26 Å². The summed E-state index contributed by atoms with van der Waals surface area (Å²) < 4.78 is 0. The van der Waals surface area contributed by atoms with Gasteiger partial charge in [0.05, 0.1) is 18.5 Å². The van der Waals surface area contributed by atoms with Gasteiger partial charge in [-0.3, -0.25) is 4.79 Å². The van der Waals surface area contributed by atoms with E-state index in [-0.39, 0.29) is 18.0 Å². The molecular weight excluding hydrogens is 178 g/mol. The molecule has 1 aliphatic heterocycles. The Hall–Kier alpha value is -1.08. The van der Waals surface area contributed by atoms with Gasteiger partial charge >= 0.3 is 0 Å². The van der Waals surface area contributed by atoms with E-state index in [1.807, 2.05) is 6.92 Å². The van der Waals surface area contributed by atoms with E-state index in [1.54, 1.807) is 11.9 Å². The second-order valence-corrected chi connectivity index (χ2v) is 3.81. The summed E-state index contributed by atoms with van der Waals surface area (Å²) in [6.45, 7) is 2.83. The van der Waals surface area contributed by atoms with Crippen molar-refractivity contribution in [3.8, 4) is 6.07 Å². The summed E-state index contributed by atoms with van der Waals surface area (Å²) in [5.74, 6) is 0.116. The fourth-order valence-corrected chi connectivity index (χ4v) is 1.63. The Balaban J connectivity index is 2.47. The lowest BCUT2D eigenvalue weighted by atomic mass is 10.1. The molecular formula is C10H17N3O. The third-order valence-corrected chi connectivity index (χ3v) is 2.75. The molecule has 0 spiro atoms. The number of nitrogens with one attached hydrogen (secondary N) is 1. The van der Waals surface area contributed by atoms with Gasteiger partial charge in [0.15, 0.2) is 0 Å². The minimum atomic E-state index is -0.0267. The topological polar surface area (TPSA) is 56.1 Å². The molecule has 0 saturated carbocycles. The molecule has 1 amide bonds. The zero-order chi connectivity index (χ0) is 10.6. The van der Waals surface area contributed by atoms with Crippen molar-refractivity contribution >= 4 is 5.91 Å². The van der Waals surface area contributed by atoms with Crippen molar-refractivity contribution in [3.05, 3.63) is 0 Å². The van der Waals surface area contributed by atoms with Crippen molar-refractivity contribution in [2.75, 3.05) is 13.6 Å². The number of nitriles is 1. The number of carbonyl (C=O) groups is 1. The van der Waals surface area contributed by atoms with Crippen molar-refractivity contribution in [2.24, 2.45) is 0 Å². The molecule has 4 nitrogen and oxygen atoms in total. The lowest BCUT2D eigenvalue weighted by Crippen LogP contribution is -2.45. The molecule has 1 rings (SSSR count). The van der Waals surface area contributed by atoms with Crippen molar-refractivity contribution in [1.82, 2.24) is 10.2 Å². The van der Waals surface area contributed by atoms with Gasteiger partial charge in [0.2, 0.25) is 5.91 Å². The second kappa shape index (κ2) is 4.97. The highest BCUT2D eigenvalue weighted by Crippen LogP contribution is 2.10. The maximum absolute atomic E-state index is 11.8. The van der Waals surface area contributed by atoms with Crippen LogP contribution in [0.3, 0.4) is 0 Å². The fourth-order valence-electron chi connectivity index (χ4n) is 1.63. The van der Waals surface area contributed by atoms with E-state index >= 15 is 0 Å². The largest absolute Gasteiger partial charge is 0.341 e. The highest BCUT2D eigenvalue weighted by molar-refractivity contribution is 5.82. The van der Waals surface area contributed by atoms with Gasteiger partial charge in [-0.1, -0.05) is 0 Å². The van der Waals surface area contributed by atoms with Crippen LogP contribution in [0.5, 0.6) is 0 Å². The Kier molecular flexibility index (Phi) is 3.90. The molecule has 78 valence electrons. The Morgan fingerprint density at radius 2 is 2.50 bits per heavy atom. The van der Waals surface area contributed by atoms with Gasteiger partial charge in [-0.05, 0) is 26.3 Å². The van der Waals surface area contributed by atoms with Gasteiger partial charge < -0.3 is 10.2 Å². The molecule has 1 aliphatic rings. The van der Waals surface area contributed by atoms with E-state index in [1.165, 1.54) is 0 Å². The summed E-state index contributed by atoms with van der Waals surface area (Å²) in [6.07, 6.45) is 2.38. The predicted octanol–water partition coefficient (Wildman–Crippen LogP) is 0.499. The predicted molar refractivity (Wildman–Crippen MR) is 53.5 cm³/mol. The Morgan fingerprint density at radius 3 is 3.00 bits per heavy atom. The van der Waals surface area contributed by atoms with Crippen LogP contribution >= 0.6 is 0 Å². The average Bonchev–Trinajstić information content (AvgIpc) is 2.68. The monoisotopic (exact) mass is 195 g/mol. The van der Waals surface area contributed by atoms with Gasteiger partial charge in [-0.15, -0.1) is 0 Å². The molecule has 0 aromatic rings. The number of carbonyl (C=O) groups excluding carboxylic acids is 1. The summed E-state index contributed by atoms with van der Waals surface area (Å²) in [7, 11) is 1.77. The Labute approximate surface area is 84.9 Å². The molecule has 14 heavy (non-hydrogen) atoms. The van der Waals surface area contributed by atoms with Gasteiger partial charge in [0.1, 0.15) is 0 Å². The third-order valence-electron chi connectivity index (χ3n) is 2.75. The van der Waals surface area contributed by atoms with Crippen LogP contribution in [0, 0.1) is 11.3 Å². The van der Waals surface area contributed by atoms with Crippen LogP contribution in [-0.2, 0) is 4.79 Å². The molecule has 0 radical (unpaired) electrons. The minimum Gasteiger partial charge on any atom is -0.341 e. The lowest BCUT2D eigenvalue weighted by Gasteiger charge is -2.25. The van der Waals surface area contributed by atoms with Gasteiger partial charge in [-0.25, -0.2) is 0 Å². The van der Waals surface area contributed by atoms with Crippen LogP contribution in [0.4, 0.5) is 0 Å². The molecule has 0 aromatic carbocycles. The zero-order valence-electron chi connectivity index (χ0n) is 8.79. The zero-order valence-corrected chi connectivity index (χ0v) is 8.79. The number of hydrogen-bond donors (Lipinski definition) is 1. The number of hydrogen-bond acceptors (Lipinski definition) is 3. The Morgan fingerprint density at radius 1 is 1.79 bits per heavy atom. The highest BCUT2D eigenvalue weighted by atomic mass is 16.2. The van der Waals surface area contributed by atoms with E-state index in [9.17, 15) is 4.79 Å². The number of rotatable bonds is 3. The van der Waals surface area contributed by atoms with Crippen molar-refractivity contribution in [2.45, 2.75) is 38.3 Å². The summed E-state index contributed by atoms with van der Waals surface area (Å²) in [6, 6.07) is 2.06. The fraction of sp³-hybridized carbons (Fsp3) is 0.800. The van der Waals surface area contributed by atoms with E-state index in [0.29, 0.717) is 6.42 Å². The van der Waals surface area contributed by atoms with Gasteiger partial charge in [0, 0.05) is 13.1 Å². The van der Waals surface area contributed by atoms with Crippen LogP contribution in [0.2, 0.25) is 0 Å². The molecule has 0 aliphatic carbocycles. The van der Waals surface area contributed by atoms with E-state index < -0.39 is 0 Å². The molecule has 0 aromatic heterocycles. The molecule has 1 heterocycles. The van der Waals surface area contributed by atoms with E-state index in [0.717, 1.165) is 19.4 Å². The van der Waals surface area contributed by atoms with Crippen molar-refractivity contribution in [1.29, 1.82) is 5.26 Å². The second-order valence-electron chi connectivity index (χ2n) is 3.81. The Bertz CT molecular complexity index is 240. The minimum absolute atomic E-state index is 0.00917. The average molecular weight is 195 g/mol. The van der Waals surface area contributed by atoms with Crippen LogP contribution < -0.4 is 5.32 Å². The maximum atomic E-state index is 11.8. The number of nitrogens with zero attached hydrogens (tertiary/aromatic N) is 2. The molecule has 1 N–H and O–H groups in total. The van der Waals surface area contributed by atoms with Crippen LogP contribution in [0.15, 0.2) is 0 Å². The van der Waals surface area contributed by atoms with Gasteiger partial charge in [0.25, 0.3) is 0 Å². The van der Waals surface area contributed by atoms with Crippen LogP contribution in [0.25, 0.3) is 0 Å². The molecule has 1 unspecified atom stereocenters. The summed E-state index contributed by atoms with van der Waals surface area (Å²) in [5, 5.41) is 11.7.